The van der Waals surface area contributed by atoms with Crippen molar-refractivity contribution in [1.29, 1.82) is 0 Å². The SMILES string of the molecule is CCN(CC)c1ccc(CNC(=O)C2CCCC2)cc1. The van der Waals surface area contributed by atoms with Crippen molar-refractivity contribution in [3.63, 3.8) is 0 Å². The zero-order valence-electron chi connectivity index (χ0n) is 12.7. The zero-order valence-corrected chi connectivity index (χ0v) is 12.7. The van der Waals surface area contributed by atoms with Gasteiger partial charge >= 0.3 is 0 Å². The Hall–Kier alpha value is -1.51. The number of anilines is 1. The predicted molar refractivity (Wildman–Crippen MR) is 83.8 cm³/mol. The van der Waals surface area contributed by atoms with Gasteiger partial charge in [-0.1, -0.05) is 25.0 Å². The fourth-order valence-electron chi connectivity index (χ4n) is 2.93. The highest BCUT2D eigenvalue weighted by Crippen LogP contribution is 2.24. The van der Waals surface area contributed by atoms with Crippen molar-refractivity contribution >= 4 is 11.6 Å². The monoisotopic (exact) mass is 274 g/mol. The van der Waals surface area contributed by atoms with Gasteiger partial charge in [0, 0.05) is 31.2 Å². The van der Waals surface area contributed by atoms with Crippen molar-refractivity contribution in [3.05, 3.63) is 29.8 Å². The molecule has 1 amide bonds. The second-order valence-corrected chi connectivity index (χ2v) is 5.54. The molecule has 110 valence electrons. The number of nitrogens with zero attached hydrogens (tertiary/aromatic N) is 1. The lowest BCUT2D eigenvalue weighted by Gasteiger charge is -2.21. The molecule has 2 rings (SSSR count). The highest BCUT2D eigenvalue weighted by molar-refractivity contribution is 5.78. The van der Waals surface area contributed by atoms with E-state index in [0.29, 0.717) is 6.54 Å². The number of rotatable bonds is 6. The van der Waals surface area contributed by atoms with Crippen molar-refractivity contribution in [3.8, 4) is 0 Å². The average Bonchev–Trinajstić information content (AvgIpc) is 3.01. The first-order valence-corrected chi connectivity index (χ1v) is 7.86. The summed E-state index contributed by atoms with van der Waals surface area (Å²) in [6.45, 7) is 7.02. The van der Waals surface area contributed by atoms with Gasteiger partial charge in [-0.25, -0.2) is 0 Å². The summed E-state index contributed by atoms with van der Waals surface area (Å²) in [5, 5.41) is 3.07. The average molecular weight is 274 g/mol. The topological polar surface area (TPSA) is 32.3 Å². The van der Waals surface area contributed by atoms with Gasteiger partial charge in [0.05, 0.1) is 0 Å². The van der Waals surface area contributed by atoms with E-state index in [4.69, 9.17) is 0 Å². The molecule has 0 saturated heterocycles. The highest BCUT2D eigenvalue weighted by atomic mass is 16.1. The van der Waals surface area contributed by atoms with Gasteiger partial charge in [0.1, 0.15) is 0 Å². The van der Waals surface area contributed by atoms with Crippen LogP contribution in [-0.2, 0) is 11.3 Å². The van der Waals surface area contributed by atoms with Crippen LogP contribution in [0.3, 0.4) is 0 Å². The van der Waals surface area contributed by atoms with E-state index in [2.05, 4.69) is 48.3 Å². The van der Waals surface area contributed by atoms with E-state index in [9.17, 15) is 4.79 Å². The van der Waals surface area contributed by atoms with Gasteiger partial charge in [-0.05, 0) is 44.4 Å². The highest BCUT2D eigenvalue weighted by Gasteiger charge is 2.21. The molecule has 1 aromatic carbocycles. The molecule has 3 heteroatoms. The molecule has 0 aromatic heterocycles. The van der Waals surface area contributed by atoms with Crippen molar-refractivity contribution < 1.29 is 4.79 Å². The third-order valence-electron chi connectivity index (χ3n) is 4.26. The molecule has 0 radical (unpaired) electrons. The third kappa shape index (κ3) is 3.75. The van der Waals surface area contributed by atoms with Crippen LogP contribution in [-0.4, -0.2) is 19.0 Å². The molecule has 0 unspecified atom stereocenters. The van der Waals surface area contributed by atoms with Crippen molar-refractivity contribution in [2.75, 3.05) is 18.0 Å². The Morgan fingerprint density at radius 1 is 1.15 bits per heavy atom. The van der Waals surface area contributed by atoms with Gasteiger partial charge in [-0.3, -0.25) is 4.79 Å². The molecule has 1 aliphatic carbocycles. The summed E-state index contributed by atoms with van der Waals surface area (Å²) in [5.41, 5.74) is 2.42. The molecule has 3 nitrogen and oxygen atoms in total. The molecule has 20 heavy (non-hydrogen) atoms. The number of carbonyl (C=O) groups is 1. The summed E-state index contributed by atoms with van der Waals surface area (Å²) in [6, 6.07) is 8.51. The van der Waals surface area contributed by atoms with E-state index in [1.807, 2.05) is 0 Å². The molecule has 1 aromatic rings. The maximum absolute atomic E-state index is 12.0. The van der Waals surface area contributed by atoms with E-state index in [-0.39, 0.29) is 11.8 Å². The molecule has 0 atom stereocenters. The van der Waals surface area contributed by atoms with Crippen LogP contribution in [0.1, 0.15) is 45.1 Å². The Morgan fingerprint density at radius 2 is 1.75 bits per heavy atom. The zero-order chi connectivity index (χ0) is 14.4. The van der Waals surface area contributed by atoms with Crippen molar-refractivity contribution in [2.45, 2.75) is 46.1 Å². The Bertz CT molecular complexity index is 417. The Balaban J connectivity index is 1.85. The van der Waals surface area contributed by atoms with E-state index in [1.165, 1.54) is 24.1 Å². The molecule has 0 spiro atoms. The van der Waals surface area contributed by atoms with Crippen LogP contribution >= 0.6 is 0 Å². The van der Waals surface area contributed by atoms with Crippen LogP contribution in [0.25, 0.3) is 0 Å². The molecule has 1 saturated carbocycles. The minimum Gasteiger partial charge on any atom is -0.372 e. The molecular formula is C17H26N2O. The van der Waals surface area contributed by atoms with Gasteiger partial charge in [0.2, 0.25) is 5.91 Å². The molecular weight excluding hydrogens is 248 g/mol. The molecule has 1 aliphatic rings. The minimum atomic E-state index is 0.232. The van der Waals surface area contributed by atoms with E-state index < -0.39 is 0 Å². The fraction of sp³-hybridized carbons (Fsp3) is 0.588. The number of amides is 1. The van der Waals surface area contributed by atoms with Crippen LogP contribution in [0.5, 0.6) is 0 Å². The van der Waals surface area contributed by atoms with Crippen LogP contribution < -0.4 is 10.2 Å². The summed E-state index contributed by atoms with van der Waals surface area (Å²) in [4.78, 5) is 14.3. The summed E-state index contributed by atoms with van der Waals surface area (Å²) in [7, 11) is 0. The van der Waals surface area contributed by atoms with Gasteiger partial charge in [-0.15, -0.1) is 0 Å². The van der Waals surface area contributed by atoms with E-state index in [0.717, 1.165) is 25.9 Å². The number of hydrogen-bond donors (Lipinski definition) is 1. The standard InChI is InChI=1S/C17H26N2O/c1-3-19(4-2)16-11-9-14(10-12-16)13-18-17(20)15-7-5-6-8-15/h9-12,15H,3-8,13H2,1-2H3,(H,18,20). The van der Waals surface area contributed by atoms with Crippen molar-refractivity contribution in [2.24, 2.45) is 5.92 Å². The lowest BCUT2D eigenvalue weighted by atomic mass is 10.1. The van der Waals surface area contributed by atoms with Crippen LogP contribution in [0.4, 0.5) is 5.69 Å². The van der Waals surface area contributed by atoms with Crippen molar-refractivity contribution in [1.82, 2.24) is 5.32 Å². The first kappa shape index (κ1) is 14.9. The fourth-order valence-corrected chi connectivity index (χ4v) is 2.93. The van der Waals surface area contributed by atoms with Gasteiger partial charge in [0.15, 0.2) is 0 Å². The second-order valence-electron chi connectivity index (χ2n) is 5.54. The van der Waals surface area contributed by atoms with Gasteiger partial charge in [0.25, 0.3) is 0 Å². The van der Waals surface area contributed by atoms with Gasteiger partial charge in [-0.2, -0.15) is 0 Å². The van der Waals surface area contributed by atoms with E-state index in [1.54, 1.807) is 0 Å². The number of benzene rings is 1. The molecule has 1 fully saturated rings. The number of nitrogens with one attached hydrogen (secondary N) is 1. The number of carbonyl (C=O) groups excluding carboxylic acids is 1. The van der Waals surface area contributed by atoms with Gasteiger partial charge < -0.3 is 10.2 Å². The Labute approximate surface area is 122 Å². The smallest absolute Gasteiger partial charge is 0.223 e. The Morgan fingerprint density at radius 3 is 2.30 bits per heavy atom. The number of hydrogen-bond acceptors (Lipinski definition) is 2. The lowest BCUT2D eigenvalue weighted by molar-refractivity contribution is -0.124. The predicted octanol–water partition coefficient (Wildman–Crippen LogP) is 3.34. The lowest BCUT2D eigenvalue weighted by Crippen LogP contribution is -2.28. The summed E-state index contributed by atoms with van der Waals surface area (Å²) in [5.74, 6) is 0.486. The van der Waals surface area contributed by atoms with Crippen LogP contribution in [0.15, 0.2) is 24.3 Å². The van der Waals surface area contributed by atoms with Crippen LogP contribution in [0, 0.1) is 5.92 Å². The maximum Gasteiger partial charge on any atom is 0.223 e. The first-order valence-electron chi connectivity index (χ1n) is 7.86. The summed E-state index contributed by atoms with van der Waals surface area (Å²) < 4.78 is 0. The molecule has 0 bridgehead atoms. The second kappa shape index (κ2) is 7.32. The first-order chi connectivity index (χ1) is 9.74. The summed E-state index contributed by atoms with van der Waals surface area (Å²) >= 11 is 0. The molecule has 0 aliphatic heterocycles. The largest absolute Gasteiger partial charge is 0.372 e. The van der Waals surface area contributed by atoms with E-state index >= 15 is 0 Å². The quantitative estimate of drug-likeness (QED) is 0.863. The molecule has 1 N–H and O–H groups in total. The van der Waals surface area contributed by atoms with Crippen LogP contribution in [0.2, 0.25) is 0 Å². The Kier molecular flexibility index (Phi) is 5.45. The minimum absolute atomic E-state index is 0.232. The molecule has 0 heterocycles. The third-order valence-corrected chi connectivity index (χ3v) is 4.26. The summed E-state index contributed by atoms with van der Waals surface area (Å²) in [6.07, 6.45) is 4.53. The maximum atomic E-state index is 12.0. The normalized spacial score (nSPS) is 15.3.